The summed E-state index contributed by atoms with van der Waals surface area (Å²) in [4.78, 5) is 20.9. The fourth-order valence-electron chi connectivity index (χ4n) is 11.4. The summed E-state index contributed by atoms with van der Waals surface area (Å²) in [6, 6.07) is 4.85. The molecule has 2 saturated heterocycles. The molecule has 0 bridgehead atoms. The van der Waals surface area contributed by atoms with Gasteiger partial charge in [0.1, 0.15) is 6.10 Å². The summed E-state index contributed by atoms with van der Waals surface area (Å²) < 4.78 is 6.95. The Bertz CT molecular complexity index is 1280. The summed E-state index contributed by atoms with van der Waals surface area (Å²) >= 11 is 0. The molecular weight excluding hydrogens is 649 g/mol. The highest BCUT2D eigenvalue weighted by atomic mass is 16.5. The quantitative estimate of drug-likeness (QED) is 0.141. The lowest BCUT2D eigenvalue weighted by Gasteiger charge is -2.56. The van der Waals surface area contributed by atoms with E-state index in [-0.39, 0.29) is 45.1 Å². The molecule has 0 aromatic heterocycles. The number of carbonyl (C=O) groups is 1. The topological polar surface area (TPSA) is 32.8 Å². The van der Waals surface area contributed by atoms with Gasteiger partial charge >= 0.3 is 5.97 Å². The van der Waals surface area contributed by atoms with Crippen LogP contribution in [0.2, 0.25) is 0 Å². The molecule has 2 aliphatic heterocycles. The minimum absolute atomic E-state index is 0.0169. The molecule has 0 amide bonds. The fourth-order valence-corrected chi connectivity index (χ4v) is 11.4. The molecule has 3 rings (SSSR count). The second kappa shape index (κ2) is 16.4. The van der Waals surface area contributed by atoms with E-state index in [4.69, 9.17) is 11.3 Å². The van der Waals surface area contributed by atoms with E-state index in [2.05, 4.69) is 147 Å². The first kappa shape index (κ1) is 45.7. The van der Waals surface area contributed by atoms with Crippen molar-refractivity contribution in [2.75, 3.05) is 13.1 Å². The Labute approximate surface area is 329 Å². The number of hydrogen-bond acceptors (Lipinski definition) is 4. The van der Waals surface area contributed by atoms with Crippen LogP contribution in [0, 0.1) is 18.3 Å². The van der Waals surface area contributed by atoms with Crippen LogP contribution >= 0.6 is 0 Å². The number of benzene rings is 1. The lowest BCUT2D eigenvalue weighted by Crippen LogP contribution is -2.62. The minimum atomic E-state index is -0.792. The van der Waals surface area contributed by atoms with Gasteiger partial charge in [0.25, 0.3) is 0 Å². The van der Waals surface area contributed by atoms with Gasteiger partial charge in [-0.3, -0.25) is 14.6 Å². The molecule has 2 aliphatic rings. The van der Waals surface area contributed by atoms with E-state index in [9.17, 15) is 0 Å². The van der Waals surface area contributed by atoms with Crippen molar-refractivity contribution in [2.45, 2.75) is 234 Å². The molecule has 53 heavy (non-hydrogen) atoms. The number of carbonyl (C=O) groups excluding carboxylic acids is 1. The Morgan fingerprint density at radius 3 is 1.53 bits per heavy atom. The summed E-state index contributed by atoms with van der Waals surface area (Å²) in [5.74, 6) is 0.423. The number of likely N-dealkylation sites (tertiary alicyclic amines) is 2. The third kappa shape index (κ3) is 10.4. The van der Waals surface area contributed by atoms with Crippen molar-refractivity contribution < 1.29 is 9.53 Å². The molecule has 4 nitrogen and oxygen atoms in total. The predicted octanol–water partition coefficient (Wildman–Crippen LogP) is 12.9. The Morgan fingerprint density at radius 1 is 0.736 bits per heavy atom. The van der Waals surface area contributed by atoms with Crippen molar-refractivity contribution in [3.05, 3.63) is 46.5 Å². The number of piperidine rings is 2. The molecule has 2 heterocycles. The summed E-state index contributed by atoms with van der Waals surface area (Å²) in [5, 5.41) is 0. The van der Waals surface area contributed by atoms with E-state index in [1.807, 2.05) is 0 Å². The molecule has 0 spiro atoms. The Hall–Kier alpha value is -1.65. The van der Waals surface area contributed by atoms with Crippen molar-refractivity contribution in [3.8, 4) is 0 Å². The van der Waals surface area contributed by atoms with Gasteiger partial charge in [0.15, 0.2) is 0 Å². The molecule has 2 fully saturated rings. The van der Waals surface area contributed by atoms with E-state index in [1.165, 1.54) is 22.3 Å². The highest BCUT2D eigenvalue weighted by molar-refractivity contribution is 5.81. The average molecular weight is 735 g/mol. The molecule has 1 aromatic rings. The zero-order valence-electron chi connectivity index (χ0n) is 38.4. The van der Waals surface area contributed by atoms with Crippen molar-refractivity contribution >= 4 is 5.97 Å². The van der Waals surface area contributed by atoms with E-state index in [0.29, 0.717) is 12.3 Å². The SMILES string of the molecule is C=C(CC1CC(C)(C)N(CCC)C(C)(C)C1)C(CCCC)(Cc1cc(C(C)(C)C)c(C)c(C(C)(C)C)c1)C(=O)OC1CC(C)(C)N(CCC)C(C)(C)C1. The van der Waals surface area contributed by atoms with Gasteiger partial charge in [-0.2, -0.15) is 0 Å². The van der Waals surface area contributed by atoms with E-state index in [0.717, 1.165) is 82.9 Å². The standard InChI is InChI=1S/C49H86N2O2/c1-20-23-24-49(32-37-28-40(43(6,7)8)36(5)41(29-37)44(9,10)11,35(4)27-38-30-45(12,13)50(25-21-2)46(14,15)31-38)42(52)53-39-33-47(16,17)51(26-22-3)48(18,19)34-39/h28-29,38-39H,4,20-27,30-34H2,1-3,5-19H3. The van der Waals surface area contributed by atoms with Gasteiger partial charge in [-0.1, -0.05) is 99.4 Å². The fraction of sp³-hybridized carbons (Fsp3) is 0.816. The Balaban J connectivity index is 2.19. The number of esters is 1. The third-order valence-corrected chi connectivity index (χ3v) is 13.3. The maximum atomic E-state index is 15.5. The molecule has 1 aromatic carbocycles. The summed E-state index contributed by atoms with van der Waals surface area (Å²) in [5.41, 5.74) is 5.69. The predicted molar refractivity (Wildman–Crippen MR) is 230 cm³/mol. The van der Waals surface area contributed by atoms with Crippen LogP contribution in [0.4, 0.5) is 0 Å². The summed E-state index contributed by atoms with van der Waals surface area (Å²) in [6.45, 7) is 49.3. The molecule has 0 saturated carbocycles. The van der Waals surface area contributed by atoms with Gasteiger partial charge in [-0.25, -0.2) is 0 Å². The van der Waals surface area contributed by atoms with Gasteiger partial charge in [0.2, 0.25) is 0 Å². The zero-order valence-corrected chi connectivity index (χ0v) is 38.4. The molecule has 0 radical (unpaired) electrons. The zero-order chi connectivity index (χ0) is 40.6. The monoisotopic (exact) mass is 735 g/mol. The number of hydrogen-bond donors (Lipinski definition) is 0. The van der Waals surface area contributed by atoms with Gasteiger partial charge in [0, 0.05) is 35.0 Å². The van der Waals surface area contributed by atoms with Gasteiger partial charge in [0.05, 0.1) is 5.41 Å². The molecule has 0 aliphatic carbocycles. The van der Waals surface area contributed by atoms with Crippen LogP contribution in [-0.4, -0.2) is 57.1 Å². The first-order valence-electron chi connectivity index (χ1n) is 21.7. The minimum Gasteiger partial charge on any atom is -0.462 e. The normalized spacial score (nSPS) is 22.4. The van der Waals surface area contributed by atoms with Crippen molar-refractivity contribution in [1.29, 1.82) is 0 Å². The van der Waals surface area contributed by atoms with Crippen LogP contribution in [0.25, 0.3) is 0 Å². The number of nitrogens with zero attached hydrogens (tertiary/aromatic N) is 2. The highest BCUT2D eigenvalue weighted by Gasteiger charge is 2.51. The van der Waals surface area contributed by atoms with E-state index in [1.54, 1.807) is 0 Å². The lowest BCUT2D eigenvalue weighted by atomic mass is 9.65. The maximum absolute atomic E-state index is 15.5. The molecule has 4 heteroatoms. The second-order valence-corrected chi connectivity index (χ2v) is 22.2. The first-order valence-corrected chi connectivity index (χ1v) is 21.7. The van der Waals surface area contributed by atoms with Gasteiger partial charge in [-0.15, -0.1) is 0 Å². The van der Waals surface area contributed by atoms with Crippen LogP contribution in [0.1, 0.15) is 204 Å². The average Bonchev–Trinajstić information content (AvgIpc) is 2.97. The molecule has 1 unspecified atom stereocenters. The first-order chi connectivity index (χ1) is 24.1. The number of unbranched alkanes of at least 4 members (excludes halogenated alkanes) is 1. The molecule has 1 atom stereocenters. The number of rotatable bonds is 14. The maximum Gasteiger partial charge on any atom is 0.316 e. The van der Waals surface area contributed by atoms with E-state index < -0.39 is 5.41 Å². The van der Waals surface area contributed by atoms with Crippen LogP contribution in [0.3, 0.4) is 0 Å². The van der Waals surface area contributed by atoms with Gasteiger partial charge in [-0.05, 0) is 159 Å². The lowest BCUT2D eigenvalue weighted by molar-refractivity contribution is -0.170. The van der Waals surface area contributed by atoms with Crippen LogP contribution in [0.5, 0.6) is 0 Å². The van der Waals surface area contributed by atoms with Crippen LogP contribution in [0.15, 0.2) is 24.3 Å². The Morgan fingerprint density at radius 2 is 1.15 bits per heavy atom. The van der Waals surface area contributed by atoms with Crippen molar-refractivity contribution in [1.82, 2.24) is 9.80 Å². The smallest absolute Gasteiger partial charge is 0.316 e. The van der Waals surface area contributed by atoms with E-state index >= 15 is 4.79 Å². The second-order valence-electron chi connectivity index (χ2n) is 22.2. The molecule has 0 N–H and O–H groups in total. The largest absolute Gasteiger partial charge is 0.462 e. The van der Waals surface area contributed by atoms with Gasteiger partial charge < -0.3 is 4.74 Å². The molecule has 304 valence electrons. The molecular formula is C49H86N2O2. The van der Waals surface area contributed by atoms with Crippen LogP contribution < -0.4 is 0 Å². The third-order valence-electron chi connectivity index (χ3n) is 13.3. The van der Waals surface area contributed by atoms with Crippen molar-refractivity contribution in [2.24, 2.45) is 11.3 Å². The Kier molecular flexibility index (Phi) is 14.2. The summed E-state index contributed by atoms with van der Waals surface area (Å²) in [6.07, 6.45) is 10.3. The van der Waals surface area contributed by atoms with Crippen molar-refractivity contribution in [3.63, 3.8) is 0 Å². The summed E-state index contributed by atoms with van der Waals surface area (Å²) in [7, 11) is 0. The number of ether oxygens (including phenoxy) is 1. The highest BCUT2D eigenvalue weighted by Crippen LogP contribution is 2.49. The van der Waals surface area contributed by atoms with Crippen LogP contribution in [-0.2, 0) is 26.8 Å².